The van der Waals surface area contributed by atoms with Crippen molar-refractivity contribution in [2.75, 3.05) is 20.3 Å². The number of ether oxygens (including phenoxy) is 1. The third-order valence-electron chi connectivity index (χ3n) is 2.56. The summed E-state index contributed by atoms with van der Waals surface area (Å²) in [6.07, 6.45) is -0.957. The van der Waals surface area contributed by atoms with Crippen molar-refractivity contribution in [1.29, 1.82) is 0 Å². The highest BCUT2D eigenvalue weighted by atomic mass is 19.2. The first-order valence-electron chi connectivity index (χ1n) is 5.77. The molecule has 1 rings (SSSR count). The third-order valence-corrected chi connectivity index (χ3v) is 2.56. The van der Waals surface area contributed by atoms with Crippen LogP contribution in [-0.4, -0.2) is 37.4 Å². The molecule has 0 aliphatic heterocycles. The fourth-order valence-corrected chi connectivity index (χ4v) is 1.52. The molecular weight excluding hydrogens is 301 g/mol. The van der Waals surface area contributed by atoms with E-state index >= 15 is 0 Å². The Morgan fingerprint density at radius 2 is 1.57 bits per heavy atom. The van der Waals surface area contributed by atoms with Gasteiger partial charge in [-0.3, -0.25) is 4.79 Å². The average Bonchev–Trinajstić information content (AvgIpc) is 2.43. The van der Waals surface area contributed by atoms with Gasteiger partial charge in [0, 0.05) is 13.7 Å². The van der Waals surface area contributed by atoms with Gasteiger partial charge in [0.1, 0.15) is 5.56 Å². The summed E-state index contributed by atoms with van der Waals surface area (Å²) in [4.78, 5) is 11.5. The van der Waals surface area contributed by atoms with Crippen LogP contribution in [0.15, 0.2) is 0 Å². The van der Waals surface area contributed by atoms with Crippen LogP contribution in [0.25, 0.3) is 0 Å². The number of benzene rings is 1. The van der Waals surface area contributed by atoms with Gasteiger partial charge in [-0.15, -0.1) is 0 Å². The van der Waals surface area contributed by atoms with Crippen molar-refractivity contribution in [3.63, 3.8) is 0 Å². The van der Waals surface area contributed by atoms with E-state index in [2.05, 4.69) is 4.74 Å². The van der Waals surface area contributed by atoms with E-state index in [-0.39, 0.29) is 19.6 Å². The molecule has 1 amide bonds. The molecule has 0 fully saturated rings. The summed E-state index contributed by atoms with van der Waals surface area (Å²) in [5, 5.41) is 11.2. The summed E-state index contributed by atoms with van der Waals surface area (Å²) in [6, 6.07) is 0. The second-order valence-electron chi connectivity index (χ2n) is 4.10. The lowest BCUT2D eigenvalue weighted by molar-refractivity contribution is 0.0587. The molecule has 0 spiro atoms. The van der Waals surface area contributed by atoms with Gasteiger partial charge in [0.15, 0.2) is 23.3 Å². The van der Waals surface area contributed by atoms with E-state index in [1.165, 1.54) is 7.11 Å². The number of nitrogens with one attached hydrogen (secondary N) is 1. The zero-order valence-corrected chi connectivity index (χ0v) is 10.9. The highest BCUT2D eigenvalue weighted by molar-refractivity contribution is 5.94. The highest BCUT2D eigenvalue weighted by Crippen LogP contribution is 2.22. The number of halogens is 5. The van der Waals surface area contributed by atoms with Crippen LogP contribution in [0.5, 0.6) is 0 Å². The molecule has 4 nitrogen and oxygen atoms in total. The lowest BCUT2D eigenvalue weighted by atomic mass is 10.1. The Morgan fingerprint density at radius 3 is 2.05 bits per heavy atom. The molecule has 0 radical (unpaired) electrons. The molecule has 1 atom stereocenters. The zero-order valence-electron chi connectivity index (χ0n) is 10.9. The van der Waals surface area contributed by atoms with Crippen LogP contribution < -0.4 is 5.32 Å². The molecular formula is C12H12F5NO3. The minimum Gasteiger partial charge on any atom is -0.391 e. The molecule has 1 aromatic rings. The predicted molar refractivity (Wildman–Crippen MR) is 61.1 cm³/mol. The molecule has 118 valence electrons. The molecule has 0 heterocycles. The lowest BCUT2D eigenvalue weighted by Gasteiger charge is -2.11. The molecule has 0 saturated heterocycles. The van der Waals surface area contributed by atoms with E-state index in [0.717, 1.165) is 0 Å². The molecule has 1 aromatic carbocycles. The number of rotatable bonds is 6. The summed E-state index contributed by atoms with van der Waals surface area (Å²) in [7, 11) is 1.33. The predicted octanol–water partition coefficient (Wildman–Crippen LogP) is 1.51. The fraction of sp³-hybridized carbons (Fsp3) is 0.417. The normalized spacial score (nSPS) is 12.3. The number of carbonyl (C=O) groups is 1. The lowest BCUT2D eigenvalue weighted by Crippen LogP contribution is -2.30. The van der Waals surface area contributed by atoms with Gasteiger partial charge in [-0.05, 0) is 6.42 Å². The molecule has 0 aliphatic rings. The van der Waals surface area contributed by atoms with Gasteiger partial charge in [0.25, 0.3) is 5.91 Å². The summed E-state index contributed by atoms with van der Waals surface area (Å²) < 4.78 is 69.9. The zero-order chi connectivity index (χ0) is 16.2. The first-order chi connectivity index (χ1) is 9.81. The summed E-state index contributed by atoms with van der Waals surface area (Å²) in [5.74, 6) is -12.6. The number of hydrogen-bond acceptors (Lipinski definition) is 3. The standard InChI is InChI=1S/C12H12F5NO3/c1-21-4-5(19)2-3-18-12(20)6-7(13)9(15)11(17)10(16)8(6)14/h5,19H,2-4H2,1H3,(H,18,20). The van der Waals surface area contributed by atoms with Crippen molar-refractivity contribution in [1.82, 2.24) is 5.32 Å². The van der Waals surface area contributed by atoms with E-state index in [1.54, 1.807) is 0 Å². The SMILES string of the molecule is COCC(O)CCNC(=O)c1c(F)c(F)c(F)c(F)c1F. The quantitative estimate of drug-likeness (QED) is 0.475. The van der Waals surface area contributed by atoms with Gasteiger partial charge in [-0.25, -0.2) is 22.0 Å². The maximum atomic E-state index is 13.3. The van der Waals surface area contributed by atoms with E-state index in [9.17, 15) is 31.9 Å². The number of aliphatic hydroxyl groups excluding tert-OH is 1. The maximum Gasteiger partial charge on any atom is 0.257 e. The van der Waals surface area contributed by atoms with Crippen molar-refractivity contribution < 1.29 is 36.6 Å². The Kier molecular flexibility index (Phi) is 6.03. The van der Waals surface area contributed by atoms with Crippen LogP contribution in [0.1, 0.15) is 16.8 Å². The number of carbonyl (C=O) groups excluding carboxylic acids is 1. The van der Waals surface area contributed by atoms with E-state index in [1.807, 2.05) is 5.32 Å². The largest absolute Gasteiger partial charge is 0.391 e. The Balaban J connectivity index is 2.84. The van der Waals surface area contributed by atoms with Gasteiger partial charge >= 0.3 is 0 Å². The molecule has 0 aliphatic carbocycles. The van der Waals surface area contributed by atoms with Crippen molar-refractivity contribution in [2.24, 2.45) is 0 Å². The molecule has 9 heteroatoms. The first-order valence-corrected chi connectivity index (χ1v) is 5.77. The molecule has 0 bridgehead atoms. The van der Waals surface area contributed by atoms with E-state index in [4.69, 9.17) is 0 Å². The van der Waals surface area contributed by atoms with Gasteiger partial charge in [0.2, 0.25) is 5.82 Å². The van der Waals surface area contributed by atoms with Crippen LogP contribution in [0.4, 0.5) is 22.0 Å². The first kappa shape index (κ1) is 17.3. The summed E-state index contributed by atoms with van der Waals surface area (Å²) in [5.41, 5.74) is -1.56. The van der Waals surface area contributed by atoms with Crippen molar-refractivity contribution in [3.05, 3.63) is 34.6 Å². The molecule has 21 heavy (non-hydrogen) atoms. The van der Waals surface area contributed by atoms with Crippen LogP contribution >= 0.6 is 0 Å². The minimum atomic E-state index is -2.34. The fourth-order valence-electron chi connectivity index (χ4n) is 1.52. The Hall–Kier alpha value is -1.74. The van der Waals surface area contributed by atoms with Crippen molar-refractivity contribution in [2.45, 2.75) is 12.5 Å². The molecule has 1 unspecified atom stereocenters. The summed E-state index contributed by atoms with van der Waals surface area (Å²) in [6.45, 7) is -0.263. The number of hydrogen-bond donors (Lipinski definition) is 2. The van der Waals surface area contributed by atoms with Crippen LogP contribution in [0.3, 0.4) is 0 Å². The van der Waals surface area contributed by atoms with Gasteiger partial charge in [-0.2, -0.15) is 0 Å². The second kappa shape index (κ2) is 7.32. The van der Waals surface area contributed by atoms with Gasteiger partial charge in [-0.1, -0.05) is 0 Å². The number of aliphatic hydroxyl groups is 1. The van der Waals surface area contributed by atoms with E-state index in [0.29, 0.717) is 0 Å². The Morgan fingerprint density at radius 1 is 1.10 bits per heavy atom. The highest BCUT2D eigenvalue weighted by Gasteiger charge is 2.29. The number of amides is 1. The van der Waals surface area contributed by atoms with Crippen LogP contribution in [0, 0.1) is 29.1 Å². The molecule has 0 aromatic heterocycles. The number of methoxy groups -OCH3 is 1. The van der Waals surface area contributed by atoms with E-state index < -0.39 is 46.7 Å². The average molecular weight is 313 g/mol. The molecule has 2 N–H and O–H groups in total. The van der Waals surface area contributed by atoms with Crippen molar-refractivity contribution >= 4 is 5.91 Å². The maximum absolute atomic E-state index is 13.3. The third kappa shape index (κ3) is 3.88. The summed E-state index contributed by atoms with van der Waals surface area (Å²) >= 11 is 0. The van der Waals surface area contributed by atoms with Crippen molar-refractivity contribution in [3.8, 4) is 0 Å². The minimum absolute atomic E-state index is 0.0189. The Labute approximate surface area is 116 Å². The molecule has 0 saturated carbocycles. The Bertz CT molecular complexity index is 509. The second-order valence-corrected chi connectivity index (χ2v) is 4.10. The van der Waals surface area contributed by atoms with Gasteiger partial charge in [0.05, 0.1) is 12.7 Å². The monoisotopic (exact) mass is 313 g/mol. The van der Waals surface area contributed by atoms with Crippen LogP contribution in [-0.2, 0) is 4.74 Å². The van der Waals surface area contributed by atoms with Crippen LogP contribution in [0.2, 0.25) is 0 Å². The topological polar surface area (TPSA) is 58.6 Å². The smallest absolute Gasteiger partial charge is 0.257 e. The van der Waals surface area contributed by atoms with Gasteiger partial charge < -0.3 is 15.2 Å².